The van der Waals surface area contributed by atoms with Crippen LogP contribution in [0.4, 0.5) is 0 Å². The van der Waals surface area contributed by atoms with Gasteiger partial charge < -0.3 is 5.73 Å². The Hall–Kier alpha value is -0.880. The van der Waals surface area contributed by atoms with E-state index in [1.807, 2.05) is 6.92 Å². The largest absolute Gasteiger partial charge is 0.330 e. The highest BCUT2D eigenvalue weighted by molar-refractivity contribution is 7.91. The Morgan fingerprint density at radius 3 is 2.80 bits per heavy atom. The molecule has 2 N–H and O–H groups in total. The molecule has 0 aliphatic carbocycles. The standard InChI is InChI=1S/C9H17N3O2S/c1-9(7-10)8-15(13,14)6-5-12-4-2-3-11-12/h2-4,9H,5-8,10H2,1H3. The number of hydrogen-bond acceptors (Lipinski definition) is 4. The van der Waals surface area contributed by atoms with Crippen molar-refractivity contribution in [1.82, 2.24) is 9.78 Å². The van der Waals surface area contributed by atoms with E-state index in [-0.39, 0.29) is 17.4 Å². The van der Waals surface area contributed by atoms with Crippen molar-refractivity contribution < 1.29 is 8.42 Å². The van der Waals surface area contributed by atoms with E-state index >= 15 is 0 Å². The maximum Gasteiger partial charge on any atom is 0.152 e. The summed E-state index contributed by atoms with van der Waals surface area (Å²) >= 11 is 0. The molecule has 0 aromatic carbocycles. The number of nitrogens with zero attached hydrogens (tertiary/aromatic N) is 2. The number of hydrogen-bond donors (Lipinski definition) is 1. The van der Waals surface area contributed by atoms with Crippen LogP contribution in [0.15, 0.2) is 18.5 Å². The lowest BCUT2D eigenvalue weighted by atomic mass is 10.2. The van der Waals surface area contributed by atoms with Gasteiger partial charge in [0, 0.05) is 12.4 Å². The number of aryl methyl sites for hydroxylation is 1. The lowest BCUT2D eigenvalue weighted by Crippen LogP contribution is -2.24. The minimum absolute atomic E-state index is 0.0209. The molecule has 0 saturated heterocycles. The normalized spacial score (nSPS) is 14.0. The quantitative estimate of drug-likeness (QED) is 0.741. The van der Waals surface area contributed by atoms with Crippen LogP contribution in [0.5, 0.6) is 0 Å². The molecule has 1 unspecified atom stereocenters. The van der Waals surface area contributed by atoms with Crippen LogP contribution in [-0.2, 0) is 16.4 Å². The molecule has 1 atom stereocenters. The Kier molecular flexibility index (Phi) is 4.28. The third-order valence-electron chi connectivity index (χ3n) is 2.13. The second-order valence-electron chi connectivity index (χ2n) is 3.72. The van der Waals surface area contributed by atoms with E-state index < -0.39 is 9.84 Å². The Labute approximate surface area is 90.2 Å². The smallest absolute Gasteiger partial charge is 0.152 e. The lowest BCUT2D eigenvalue weighted by molar-refractivity contribution is 0.562. The summed E-state index contributed by atoms with van der Waals surface area (Å²) in [5, 5.41) is 3.95. The zero-order valence-electron chi connectivity index (χ0n) is 8.83. The third kappa shape index (κ3) is 4.44. The zero-order chi connectivity index (χ0) is 11.3. The number of rotatable bonds is 6. The summed E-state index contributed by atoms with van der Waals surface area (Å²) in [7, 11) is -3.01. The Morgan fingerprint density at radius 2 is 2.27 bits per heavy atom. The van der Waals surface area contributed by atoms with E-state index in [1.54, 1.807) is 23.1 Å². The molecule has 1 rings (SSSR count). The van der Waals surface area contributed by atoms with Crippen LogP contribution < -0.4 is 5.73 Å². The van der Waals surface area contributed by atoms with Gasteiger partial charge in [0.2, 0.25) is 0 Å². The number of nitrogens with two attached hydrogens (primary N) is 1. The van der Waals surface area contributed by atoms with E-state index in [9.17, 15) is 8.42 Å². The molecular weight excluding hydrogens is 214 g/mol. The van der Waals surface area contributed by atoms with E-state index in [0.717, 1.165) is 0 Å². The van der Waals surface area contributed by atoms with Crippen molar-refractivity contribution in [2.75, 3.05) is 18.1 Å². The van der Waals surface area contributed by atoms with Crippen LogP contribution >= 0.6 is 0 Å². The summed E-state index contributed by atoms with van der Waals surface area (Å²) in [6.45, 7) is 2.65. The molecule has 1 heterocycles. The van der Waals surface area contributed by atoms with Gasteiger partial charge in [-0.2, -0.15) is 5.10 Å². The van der Waals surface area contributed by atoms with E-state index in [2.05, 4.69) is 5.10 Å². The van der Waals surface area contributed by atoms with Crippen molar-refractivity contribution in [3.63, 3.8) is 0 Å². The zero-order valence-corrected chi connectivity index (χ0v) is 9.65. The van der Waals surface area contributed by atoms with Gasteiger partial charge in [0.25, 0.3) is 0 Å². The highest BCUT2D eigenvalue weighted by atomic mass is 32.2. The maximum absolute atomic E-state index is 11.6. The fourth-order valence-corrected chi connectivity index (χ4v) is 2.89. The van der Waals surface area contributed by atoms with Crippen LogP contribution in [0.3, 0.4) is 0 Å². The molecule has 0 aliphatic rings. The molecule has 86 valence electrons. The summed E-state index contributed by atoms with van der Waals surface area (Å²) in [4.78, 5) is 0. The Bertz CT molecular complexity index is 372. The predicted octanol–water partition coefficient (Wildman–Crippen LogP) is -0.107. The number of sulfone groups is 1. The number of aromatic nitrogens is 2. The summed E-state index contributed by atoms with van der Waals surface area (Å²) in [5.74, 6) is 0.302. The molecular formula is C9H17N3O2S. The van der Waals surface area contributed by atoms with Crippen molar-refractivity contribution in [2.24, 2.45) is 11.7 Å². The van der Waals surface area contributed by atoms with Crippen LogP contribution in [0.1, 0.15) is 6.92 Å². The van der Waals surface area contributed by atoms with Crippen LogP contribution in [0.2, 0.25) is 0 Å². The molecule has 5 nitrogen and oxygen atoms in total. The molecule has 0 aliphatic heterocycles. The first kappa shape index (κ1) is 12.2. The van der Waals surface area contributed by atoms with E-state index in [4.69, 9.17) is 5.73 Å². The molecule has 6 heteroatoms. The van der Waals surface area contributed by atoms with Crippen LogP contribution in [-0.4, -0.2) is 36.2 Å². The van der Waals surface area contributed by atoms with Crippen molar-refractivity contribution in [1.29, 1.82) is 0 Å². The average molecular weight is 231 g/mol. The third-order valence-corrected chi connectivity index (χ3v) is 4.01. The van der Waals surface area contributed by atoms with Gasteiger partial charge in [-0.1, -0.05) is 6.92 Å². The maximum atomic E-state index is 11.6. The SMILES string of the molecule is CC(CN)CS(=O)(=O)CCn1cccn1. The van der Waals surface area contributed by atoms with E-state index in [0.29, 0.717) is 13.1 Å². The Morgan fingerprint density at radius 1 is 1.53 bits per heavy atom. The second kappa shape index (κ2) is 5.27. The molecule has 0 amide bonds. The van der Waals surface area contributed by atoms with Gasteiger partial charge in [0.05, 0.1) is 18.1 Å². The fraction of sp³-hybridized carbons (Fsp3) is 0.667. The first-order valence-electron chi connectivity index (χ1n) is 4.91. The van der Waals surface area contributed by atoms with Crippen LogP contribution in [0, 0.1) is 5.92 Å². The van der Waals surface area contributed by atoms with Crippen molar-refractivity contribution in [3.05, 3.63) is 18.5 Å². The first-order valence-corrected chi connectivity index (χ1v) is 6.73. The summed E-state index contributed by atoms with van der Waals surface area (Å²) in [6.07, 6.45) is 3.39. The highest BCUT2D eigenvalue weighted by Crippen LogP contribution is 2.01. The minimum Gasteiger partial charge on any atom is -0.330 e. The highest BCUT2D eigenvalue weighted by Gasteiger charge is 2.14. The Balaban J connectivity index is 2.43. The van der Waals surface area contributed by atoms with Gasteiger partial charge >= 0.3 is 0 Å². The summed E-state index contributed by atoms with van der Waals surface area (Å²) in [6, 6.07) is 1.77. The molecule has 0 spiro atoms. The van der Waals surface area contributed by atoms with Gasteiger partial charge in [0.15, 0.2) is 9.84 Å². The van der Waals surface area contributed by atoms with Gasteiger partial charge in [-0.3, -0.25) is 4.68 Å². The molecule has 0 saturated carbocycles. The summed E-state index contributed by atoms with van der Waals surface area (Å²) < 4.78 is 24.8. The van der Waals surface area contributed by atoms with Gasteiger partial charge in [-0.05, 0) is 18.5 Å². The molecule has 0 radical (unpaired) electrons. The molecule has 1 aromatic heterocycles. The van der Waals surface area contributed by atoms with Crippen LogP contribution in [0.25, 0.3) is 0 Å². The predicted molar refractivity (Wildman–Crippen MR) is 59.1 cm³/mol. The van der Waals surface area contributed by atoms with Gasteiger partial charge in [-0.25, -0.2) is 8.42 Å². The van der Waals surface area contributed by atoms with Gasteiger partial charge in [0.1, 0.15) is 0 Å². The van der Waals surface area contributed by atoms with Crippen molar-refractivity contribution >= 4 is 9.84 Å². The minimum atomic E-state index is -3.01. The molecule has 0 fully saturated rings. The first-order chi connectivity index (χ1) is 7.03. The molecule has 1 aromatic rings. The van der Waals surface area contributed by atoms with Gasteiger partial charge in [-0.15, -0.1) is 0 Å². The van der Waals surface area contributed by atoms with Crippen molar-refractivity contribution in [3.8, 4) is 0 Å². The monoisotopic (exact) mass is 231 g/mol. The van der Waals surface area contributed by atoms with E-state index in [1.165, 1.54) is 0 Å². The fourth-order valence-electron chi connectivity index (χ4n) is 1.25. The summed E-state index contributed by atoms with van der Waals surface area (Å²) in [5.41, 5.74) is 5.39. The molecule has 0 bridgehead atoms. The topological polar surface area (TPSA) is 78.0 Å². The second-order valence-corrected chi connectivity index (χ2v) is 5.95. The molecule has 15 heavy (non-hydrogen) atoms. The van der Waals surface area contributed by atoms with Crippen molar-refractivity contribution in [2.45, 2.75) is 13.5 Å². The lowest BCUT2D eigenvalue weighted by Gasteiger charge is -2.09. The average Bonchev–Trinajstić information content (AvgIpc) is 2.66.